The molecule has 0 aliphatic carbocycles. The number of nitrogens with zero attached hydrogens (tertiary/aromatic N) is 3. The van der Waals surface area contributed by atoms with E-state index in [-0.39, 0.29) is 48.7 Å². The molecule has 1 aromatic heterocycles. The molecule has 0 aliphatic heterocycles. The monoisotopic (exact) mass is 587 g/mol. The average molecular weight is 587 g/mol. The molecule has 1 amide bonds. The van der Waals surface area contributed by atoms with E-state index in [2.05, 4.69) is 10.3 Å². The summed E-state index contributed by atoms with van der Waals surface area (Å²) in [5.74, 6) is -1.93. The zero-order chi connectivity index (χ0) is 24.8. The number of rotatable bonds is 11. The number of benzene rings is 2. The van der Waals surface area contributed by atoms with Crippen LogP contribution in [0.3, 0.4) is 0 Å². The summed E-state index contributed by atoms with van der Waals surface area (Å²) < 4.78 is 37.8. The van der Waals surface area contributed by atoms with Crippen LogP contribution in [0.4, 0.5) is 20.2 Å². The lowest BCUT2D eigenvalue weighted by molar-refractivity contribution is 0.0169. The number of carbonyl (C=O) groups is 1. The molecule has 0 saturated carbocycles. The lowest BCUT2D eigenvalue weighted by Gasteiger charge is -2.26. The first kappa shape index (κ1) is 26.3. The number of amides is 1. The van der Waals surface area contributed by atoms with Crippen LogP contribution in [0.15, 0.2) is 30.6 Å². The van der Waals surface area contributed by atoms with Crippen LogP contribution in [-0.2, 0) is 11.8 Å². The van der Waals surface area contributed by atoms with Crippen molar-refractivity contribution in [1.29, 1.82) is 0 Å². The number of imidazole rings is 1. The lowest BCUT2D eigenvalue weighted by atomic mass is 10.1. The molecule has 4 N–H and O–H groups in total. The Kier molecular flexibility index (Phi) is 9.17. The first-order chi connectivity index (χ1) is 16.3. The smallest absolute Gasteiger partial charge is 0.256 e. The van der Waals surface area contributed by atoms with E-state index in [0.29, 0.717) is 15.7 Å². The summed E-state index contributed by atoms with van der Waals surface area (Å²) in [6.07, 6.45) is 1.29. The van der Waals surface area contributed by atoms with Crippen LogP contribution in [0.25, 0.3) is 11.0 Å². The molecule has 0 fully saturated rings. The number of anilines is 2. The van der Waals surface area contributed by atoms with Crippen molar-refractivity contribution in [3.05, 3.63) is 51.4 Å². The number of nitrogens with two attached hydrogens (primary N) is 1. The SMILES string of the molecule is CCCOCC(O)CN(CCN)C(=O)c1cc2c(ncn2C)c(F)c1Nc1ccc(I)cc1F. The predicted octanol–water partition coefficient (Wildman–Crippen LogP) is 3.39. The summed E-state index contributed by atoms with van der Waals surface area (Å²) in [7, 11) is 1.68. The minimum atomic E-state index is -0.947. The van der Waals surface area contributed by atoms with Crippen LogP contribution in [0.2, 0.25) is 0 Å². The maximum Gasteiger partial charge on any atom is 0.256 e. The van der Waals surface area contributed by atoms with Crippen LogP contribution in [0.1, 0.15) is 23.7 Å². The predicted molar refractivity (Wildman–Crippen MR) is 135 cm³/mol. The summed E-state index contributed by atoms with van der Waals surface area (Å²) in [4.78, 5) is 19.0. The maximum absolute atomic E-state index is 15.6. The third kappa shape index (κ3) is 6.01. The molecule has 0 saturated heterocycles. The zero-order valence-corrected chi connectivity index (χ0v) is 21.2. The number of hydrogen-bond acceptors (Lipinski definition) is 6. The van der Waals surface area contributed by atoms with Gasteiger partial charge in [-0.1, -0.05) is 6.92 Å². The van der Waals surface area contributed by atoms with Crippen molar-refractivity contribution in [3.63, 3.8) is 0 Å². The van der Waals surface area contributed by atoms with Gasteiger partial charge in [-0.3, -0.25) is 4.79 Å². The highest BCUT2D eigenvalue weighted by molar-refractivity contribution is 14.1. The Hall–Kier alpha value is -2.35. The zero-order valence-electron chi connectivity index (χ0n) is 19.0. The Bertz CT molecular complexity index is 1160. The van der Waals surface area contributed by atoms with Gasteiger partial charge in [-0.25, -0.2) is 13.8 Å². The number of aromatic nitrogens is 2. The van der Waals surface area contributed by atoms with Gasteiger partial charge in [-0.05, 0) is 53.3 Å². The molecule has 0 radical (unpaired) electrons. The number of carbonyl (C=O) groups excluding carboxylic acids is 1. The number of hydrogen-bond donors (Lipinski definition) is 3. The normalized spacial score (nSPS) is 12.2. The fourth-order valence-corrected chi connectivity index (χ4v) is 3.97. The van der Waals surface area contributed by atoms with Crippen LogP contribution in [0, 0.1) is 15.2 Å². The summed E-state index contributed by atoms with van der Waals surface area (Å²) >= 11 is 1.97. The van der Waals surface area contributed by atoms with E-state index in [1.54, 1.807) is 17.7 Å². The van der Waals surface area contributed by atoms with Gasteiger partial charge in [0.05, 0.1) is 41.5 Å². The quantitative estimate of drug-likeness (QED) is 0.235. The van der Waals surface area contributed by atoms with Crippen molar-refractivity contribution in [2.45, 2.75) is 19.4 Å². The molecule has 0 bridgehead atoms. The molecule has 1 atom stereocenters. The van der Waals surface area contributed by atoms with Gasteiger partial charge in [0.2, 0.25) is 0 Å². The number of halogens is 3. The molecule has 1 heterocycles. The number of fused-ring (bicyclic) bond motifs is 1. The summed E-state index contributed by atoms with van der Waals surface area (Å²) in [5, 5.41) is 13.1. The van der Waals surface area contributed by atoms with E-state index in [4.69, 9.17) is 10.5 Å². The van der Waals surface area contributed by atoms with Gasteiger partial charge in [0.1, 0.15) is 11.3 Å². The molecule has 8 nitrogen and oxygen atoms in total. The van der Waals surface area contributed by atoms with E-state index in [0.717, 1.165) is 6.42 Å². The van der Waals surface area contributed by atoms with Crippen molar-refractivity contribution >= 4 is 50.9 Å². The molecule has 34 heavy (non-hydrogen) atoms. The molecule has 0 spiro atoms. The molecule has 184 valence electrons. The van der Waals surface area contributed by atoms with Gasteiger partial charge >= 0.3 is 0 Å². The Morgan fingerprint density at radius 3 is 2.82 bits per heavy atom. The fourth-order valence-electron chi connectivity index (χ4n) is 3.51. The lowest BCUT2D eigenvalue weighted by Crippen LogP contribution is -2.42. The molecule has 3 aromatic rings. The number of aliphatic hydroxyl groups is 1. The second kappa shape index (κ2) is 11.9. The average Bonchev–Trinajstić information content (AvgIpc) is 3.17. The van der Waals surface area contributed by atoms with Gasteiger partial charge < -0.3 is 30.4 Å². The number of nitrogens with one attached hydrogen (secondary N) is 1. The van der Waals surface area contributed by atoms with E-state index in [1.807, 2.05) is 29.5 Å². The van der Waals surface area contributed by atoms with Crippen molar-refractivity contribution in [3.8, 4) is 0 Å². The molecule has 0 aliphatic rings. The molecule has 11 heteroatoms. The van der Waals surface area contributed by atoms with Gasteiger partial charge in [0.15, 0.2) is 5.82 Å². The van der Waals surface area contributed by atoms with Gasteiger partial charge in [0.25, 0.3) is 5.91 Å². The van der Waals surface area contributed by atoms with Crippen LogP contribution in [-0.4, -0.2) is 64.4 Å². The molecule has 1 unspecified atom stereocenters. The second-order valence-electron chi connectivity index (χ2n) is 7.85. The topological polar surface area (TPSA) is 106 Å². The van der Waals surface area contributed by atoms with Gasteiger partial charge in [0, 0.05) is 36.9 Å². The van der Waals surface area contributed by atoms with Crippen molar-refractivity contribution in [2.24, 2.45) is 12.8 Å². The standard InChI is InChI=1S/C23H28F2IN5O3/c1-3-8-34-12-15(32)11-31(7-6-27)23(33)16-10-19-22(28-13-30(19)2)20(25)21(16)29-18-5-4-14(26)9-17(18)24/h4-5,9-10,13,15,29,32H,3,6-8,11-12,27H2,1-2H3. The number of aliphatic hydroxyl groups excluding tert-OH is 1. The minimum Gasteiger partial charge on any atom is -0.389 e. The molecular weight excluding hydrogens is 559 g/mol. The third-order valence-corrected chi connectivity index (χ3v) is 5.83. The van der Waals surface area contributed by atoms with Crippen molar-refractivity contribution < 1.29 is 23.4 Å². The van der Waals surface area contributed by atoms with E-state index < -0.39 is 23.6 Å². The molecule has 2 aromatic carbocycles. The Morgan fingerprint density at radius 1 is 1.38 bits per heavy atom. The summed E-state index contributed by atoms with van der Waals surface area (Å²) in [6.45, 7) is 2.70. The van der Waals surface area contributed by atoms with Gasteiger partial charge in [-0.15, -0.1) is 0 Å². The Balaban J connectivity index is 2.03. The first-order valence-electron chi connectivity index (χ1n) is 10.9. The highest BCUT2D eigenvalue weighted by Crippen LogP contribution is 2.32. The summed E-state index contributed by atoms with van der Waals surface area (Å²) in [6, 6.07) is 5.94. The van der Waals surface area contributed by atoms with Gasteiger partial charge in [-0.2, -0.15) is 0 Å². The highest BCUT2D eigenvalue weighted by Gasteiger charge is 2.26. The van der Waals surface area contributed by atoms with E-state index >= 15 is 4.39 Å². The largest absolute Gasteiger partial charge is 0.389 e. The fraction of sp³-hybridized carbons (Fsp3) is 0.391. The Morgan fingerprint density at radius 2 is 2.15 bits per heavy atom. The highest BCUT2D eigenvalue weighted by atomic mass is 127. The minimum absolute atomic E-state index is 0.0158. The third-order valence-electron chi connectivity index (χ3n) is 5.16. The maximum atomic E-state index is 15.6. The van der Waals surface area contributed by atoms with E-state index in [9.17, 15) is 14.3 Å². The van der Waals surface area contributed by atoms with Crippen molar-refractivity contribution in [2.75, 3.05) is 38.2 Å². The van der Waals surface area contributed by atoms with Crippen molar-refractivity contribution in [1.82, 2.24) is 14.5 Å². The summed E-state index contributed by atoms with van der Waals surface area (Å²) in [5.41, 5.74) is 5.94. The Labute approximate surface area is 210 Å². The molecule has 3 rings (SSSR count). The van der Waals surface area contributed by atoms with Crippen LogP contribution in [0.5, 0.6) is 0 Å². The van der Waals surface area contributed by atoms with Crippen LogP contribution >= 0.6 is 22.6 Å². The second-order valence-corrected chi connectivity index (χ2v) is 9.10. The molecular formula is C23H28F2IN5O3. The van der Waals surface area contributed by atoms with E-state index in [1.165, 1.54) is 29.4 Å². The van der Waals surface area contributed by atoms with Crippen LogP contribution < -0.4 is 11.1 Å². The number of ether oxygens (including phenoxy) is 1. The number of aryl methyl sites for hydroxylation is 1. The first-order valence-corrected chi connectivity index (χ1v) is 11.9.